The molecule has 0 spiro atoms. The third-order valence-electron chi connectivity index (χ3n) is 5.69. The molecule has 0 saturated carbocycles. The Kier molecular flexibility index (Phi) is 5.21. The van der Waals surface area contributed by atoms with Crippen LogP contribution in [0.5, 0.6) is 0 Å². The second-order valence-electron chi connectivity index (χ2n) is 8.18. The topological polar surface area (TPSA) is 107 Å². The van der Waals surface area contributed by atoms with E-state index in [9.17, 15) is 5.11 Å². The number of rotatable bonds is 5. The van der Waals surface area contributed by atoms with Crippen LogP contribution in [0.4, 0.5) is 0 Å². The molecule has 1 saturated heterocycles. The Balaban J connectivity index is 1.60. The van der Waals surface area contributed by atoms with Crippen LogP contribution in [0.2, 0.25) is 5.02 Å². The summed E-state index contributed by atoms with van der Waals surface area (Å²) in [5.74, 6) is 0.734. The minimum atomic E-state index is -0.242. The van der Waals surface area contributed by atoms with Gasteiger partial charge >= 0.3 is 0 Å². The van der Waals surface area contributed by atoms with Gasteiger partial charge in [-0.2, -0.15) is 0 Å². The predicted octanol–water partition coefficient (Wildman–Crippen LogP) is 3.30. The molecule has 4 heterocycles. The molecule has 1 aromatic carbocycles. The van der Waals surface area contributed by atoms with E-state index in [1.165, 1.54) is 6.26 Å². The number of nitrogens with one attached hydrogen (secondary N) is 2. The summed E-state index contributed by atoms with van der Waals surface area (Å²) in [5, 5.41) is 26.6. The Morgan fingerprint density at radius 3 is 2.56 bits per heavy atom. The summed E-state index contributed by atoms with van der Waals surface area (Å²) < 4.78 is 9.26. The van der Waals surface area contributed by atoms with Gasteiger partial charge in [0.25, 0.3) is 0 Å². The maximum atomic E-state index is 9.56. The zero-order valence-corrected chi connectivity index (χ0v) is 18.3. The van der Waals surface area contributed by atoms with Crippen molar-refractivity contribution in [1.82, 2.24) is 19.0 Å². The van der Waals surface area contributed by atoms with Gasteiger partial charge in [0, 0.05) is 31.2 Å². The predicted molar refractivity (Wildman–Crippen MR) is 122 cm³/mol. The number of oxazole rings is 1. The second kappa shape index (κ2) is 8.05. The van der Waals surface area contributed by atoms with E-state index in [1.54, 1.807) is 23.8 Å². The minimum Gasteiger partial charge on any atom is -0.443 e. The van der Waals surface area contributed by atoms with Gasteiger partial charge in [0.15, 0.2) is 0 Å². The lowest BCUT2D eigenvalue weighted by Crippen LogP contribution is -2.49. The summed E-state index contributed by atoms with van der Waals surface area (Å²) in [6.45, 7) is 4.27. The molecule has 0 radical (unpaired) electrons. The molecule has 0 amide bonds. The van der Waals surface area contributed by atoms with Gasteiger partial charge in [-0.15, -0.1) is 0 Å². The smallest absolute Gasteiger partial charge is 0.243 e. The molecular weight excluding hydrogens is 428 g/mol. The number of aliphatic hydroxyl groups excluding tert-OH is 1. The summed E-state index contributed by atoms with van der Waals surface area (Å²) in [4.78, 5) is 6.50. The van der Waals surface area contributed by atoms with Gasteiger partial charge in [-0.25, -0.2) is 4.98 Å². The van der Waals surface area contributed by atoms with E-state index in [0.717, 1.165) is 34.4 Å². The van der Waals surface area contributed by atoms with Gasteiger partial charge in [0.05, 0.1) is 23.3 Å². The Bertz CT molecular complexity index is 1370. The number of nitrogens with zero attached hydrogens (tertiary/aromatic N) is 4. The number of halogens is 1. The number of likely N-dealkylation sites (tertiary alicyclic amines) is 1. The van der Waals surface area contributed by atoms with Crippen LogP contribution >= 0.6 is 11.6 Å². The third kappa shape index (κ3) is 3.77. The fraction of sp³-hybridized carbons (Fsp3) is 0.261. The maximum Gasteiger partial charge on any atom is 0.243 e. The van der Waals surface area contributed by atoms with Crippen LogP contribution in [0.1, 0.15) is 18.1 Å². The number of benzene rings is 1. The first-order valence-electron chi connectivity index (χ1n) is 10.3. The highest BCUT2D eigenvalue weighted by Crippen LogP contribution is 2.29. The van der Waals surface area contributed by atoms with Gasteiger partial charge in [-0.3, -0.25) is 20.3 Å². The lowest BCUT2D eigenvalue weighted by atomic mass is 10.1. The molecule has 5 rings (SSSR count). The summed E-state index contributed by atoms with van der Waals surface area (Å²) in [7, 11) is 0. The molecule has 3 N–H and O–H groups in total. The molecule has 3 aromatic heterocycles. The number of pyridine rings is 1. The van der Waals surface area contributed by atoms with Crippen LogP contribution < -0.4 is 5.49 Å². The van der Waals surface area contributed by atoms with Crippen LogP contribution in [-0.2, 0) is 13.1 Å². The van der Waals surface area contributed by atoms with Crippen molar-refractivity contribution in [2.45, 2.75) is 26.1 Å². The molecule has 1 aliphatic rings. The second-order valence-corrected chi connectivity index (χ2v) is 8.61. The summed E-state index contributed by atoms with van der Waals surface area (Å²) in [6, 6.07) is 11.5. The Morgan fingerprint density at radius 2 is 1.91 bits per heavy atom. The molecule has 0 aliphatic carbocycles. The number of aromatic nitrogens is 3. The quantitative estimate of drug-likeness (QED) is 0.320. The summed E-state index contributed by atoms with van der Waals surface area (Å²) in [6.07, 6.45) is 2.89. The molecule has 0 atom stereocenters. The van der Waals surface area contributed by atoms with Crippen LogP contribution in [0.15, 0.2) is 53.3 Å². The Hall–Kier alpha value is -3.20. The van der Waals surface area contributed by atoms with Crippen molar-refractivity contribution in [1.29, 1.82) is 10.8 Å². The van der Waals surface area contributed by atoms with Crippen molar-refractivity contribution in [3.63, 3.8) is 0 Å². The van der Waals surface area contributed by atoms with Gasteiger partial charge < -0.3 is 14.1 Å². The molecule has 164 valence electrons. The number of hydrogen-bond donors (Lipinski definition) is 3. The zero-order chi connectivity index (χ0) is 22.4. The van der Waals surface area contributed by atoms with E-state index in [-0.39, 0.29) is 17.4 Å². The van der Waals surface area contributed by atoms with Crippen molar-refractivity contribution >= 4 is 28.5 Å². The van der Waals surface area contributed by atoms with E-state index in [1.807, 2.05) is 24.3 Å². The van der Waals surface area contributed by atoms with Crippen molar-refractivity contribution in [2.24, 2.45) is 0 Å². The van der Waals surface area contributed by atoms with Crippen LogP contribution in [0.25, 0.3) is 22.6 Å². The normalized spacial score (nSPS) is 14.7. The average molecular weight is 451 g/mol. The monoisotopic (exact) mass is 450 g/mol. The minimum absolute atomic E-state index is 0.239. The van der Waals surface area contributed by atoms with Crippen molar-refractivity contribution in [2.75, 3.05) is 13.1 Å². The Labute approximate surface area is 189 Å². The van der Waals surface area contributed by atoms with Crippen molar-refractivity contribution < 1.29 is 9.52 Å². The number of fused-ring (bicyclic) bond motifs is 1. The molecule has 0 unspecified atom stereocenters. The van der Waals surface area contributed by atoms with Gasteiger partial charge in [0.2, 0.25) is 5.89 Å². The van der Waals surface area contributed by atoms with Gasteiger partial charge in [0.1, 0.15) is 23.3 Å². The third-order valence-corrected chi connectivity index (χ3v) is 5.91. The number of aliphatic hydroxyl groups is 1. The fourth-order valence-electron chi connectivity index (χ4n) is 4.34. The lowest BCUT2D eigenvalue weighted by molar-refractivity contribution is -0.00287. The summed E-state index contributed by atoms with van der Waals surface area (Å²) >= 11 is 6.44. The number of hydrogen-bond acceptors (Lipinski definition) is 6. The first-order chi connectivity index (χ1) is 15.4. The maximum absolute atomic E-state index is 9.56. The van der Waals surface area contributed by atoms with Crippen LogP contribution in [-0.4, -0.2) is 49.2 Å². The van der Waals surface area contributed by atoms with E-state index in [4.69, 9.17) is 26.8 Å². The highest BCUT2D eigenvalue weighted by atomic mass is 35.5. The molecule has 4 aromatic rings. The molecule has 32 heavy (non-hydrogen) atoms. The first kappa shape index (κ1) is 20.7. The molecule has 0 bridgehead atoms. The lowest BCUT2D eigenvalue weighted by Gasteiger charge is -2.35. The molecule has 1 aliphatic heterocycles. The average Bonchev–Trinajstić information content (AvgIpc) is 3.34. The largest absolute Gasteiger partial charge is 0.443 e. The Morgan fingerprint density at radius 1 is 1.16 bits per heavy atom. The highest BCUT2D eigenvalue weighted by molar-refractivity contribution is 6.30. The standard InChI is InChI=1S/C23H23ClN6O2/c1-14(25)30-20-9-21(23-27-4-5-32-23)29(19(20)2-3-22(30)26)11-16-6-15(7-17(24)8-16)10-28-12-18(31)13-28/h2-9,18,25-26,31H,10-13H2,1H3. The SMILES string of the molecule is CC(=N)n1c(=N)ccc2c1cc(-c1ncco1)n2Cc1cc(Cl)cc(CN2CC(O)C2)c1. The fourth-order valence-corrected chi connectivity index (χ4v) is 4.62. The zero-order valence-electron chi connectivity index (χ0n) is 17.5. The van der Waals surface area contributed by atoms with Gasteiger partial charge in [-0.1, -0.05) is 17.7 Å². The van der Waals surface area contributed by atoms with E-state index >= 15 is 0 Å². The van der Waals surface area contributed by atoms with E-state index in [0.29, 0.717) is 30.5 Å². The van der Waals surface area contributed by atoms with Crippen molar-refractivity contribution in [3.8, 4) is 11.6 Å². The summed E-state index contributed by atoms with van der Waals surface area (Å²) in [5.41, 5.74) is 4.73. The highest BCUT2D eigenvalue weighted by Gasteiger charge is 2.24. The number of β-amino-alcohol motifs (C(OH)–C–C–N with tert-alkyl or cyclic N) is 1. The molecule has 9 heteroatoms. The molecule has 8 nitrogen and oxygen atoms in total. The van der Waals surface area contributed by atoms with Gasteiger partial charge in [-0.05, 0) is 48.4 Å². The van der Waals surface area contributed by atoms with Crippen molar-refractivity contribution in [3.05, 3.63) is 70.5 Å². The molecule has 1 fully saturated rings. The first-order valence-corrected chi connectivity index (χ1v) is 10.7. The van der Waals surface area contributed by atoms with Crippen LogP contribution in [0.3, 0.4) is 0 Å². The van der Waals surface area contributed by atoms with Crippen LogP contribution in [0, 0.1) is 10.8 Å². The van der Waals surface area contributed by atoms with E-state index in [2.05, 4.69) is 20.5 Å². The van der Waals surface area contributed by atoms with E-state index < -0.39 is 0 Å². The molecular formula is C23H23ClN6O2.